The summed E-state index contributed by atoms with van der Waals surface area (Å²) in [4.78, 5) is 40.6. The first-order valence-electron chi connectivity index (χ1n) is 17.7. The SMILES string of the molecule is CCOc1ccc(-n2cc([C@@H](O)[C@H](O)[C@H](O)CO)n([C@@H]3O[C@H](COC(=O)c4ccccc4)[C@@H](OC(=O)c4ccccc4)[C@H]3OC(=O)c3ccccc3)c2=S)cc1. The molecule has 292 valence electrons. The third-order valence-corrected chi connectivity index (χ3v) is 9.41. The third-order valence-electron chi connectivity index (χ3n) is 9.02. The van der Waals surface area contributed by atoms with Crippen LogP contribution >= 0.6 is 12.2 Å². The first-order chi connectivity index (χ1) is 27.1. The standard InChI is InChI=1S/C41H40N2O12S/c1-2-51-29-20-18-28(19-21-29)42-22-30(33(46)34(47)31(45)23-44)43(41(42)56)37-36(55-40(50)27-16-10-5-11-17-27)35(54-39(49)26-14-8-4-9-15-26)32(53-37)24-52-38(48)25-12-6-3-7-13-25/h3-22,31-37,44-47H,2,23-24H2,1H3/t31-,32-,33-,34-,35-,36-,37-/m1/s1. The largest absolute Gasteiger partial charge is 0.494 e. The van der Waals surface area contributed by atoms with E-state index in [4.69, 9.17) is 35.9 Å². The van der Waals surface area contributed by atoms with Crippen molar-refractivity contribution in [2.24, 2.45) is 0 Å². The van der Waals surface area contributed by atoms with Crippen molar-refractivity contribution >= 4 is 30.1 Å². The minimum absolute atomic E-state index is 0.0466. The summed E-state index contributed by atoms with van der Waals surface area (Å²) in [6, 6.07) is 31.0. The van der Waals surface area contributed by atoms with Gasteiger partial charge in [0.1, 0.15) is 36.8 Å². The number of benzene rings is 4. The Morgan fingerprint density at radius 1 is 0.750 bits per heavy atom. The normalized spacial score (nSPS) is 19.4. The molecule has 7 atom stereocenters. The summed E-state index contributed by atoms with van der Waals surface area (Å²) in [7, 11) is 0. The maximum atomic E-state index is 13.8. The molecule has 0 radical (unpaired) electrons. The zero-order valence-corrected chi connectivity index (χ0v) is 30.9. The van der Waals surface area contributed by atoms with E-state index in [2.05, 4.69) is 0 Å². The lowest BCUT2D eigenvalue weighted by Crippen LogP contribution is -2.42. The molecule has 1 saturated heterocycles. The summed E-state index contributed by atoms with van der Waals surface area (Å²) in [5, 5.41) is 42.5. The quantitative estimate of drug-likeness (QED) is 0.0667. The van der Waals surface area contributed by atoms with E-state index in [9.17, 15) is 34.8 Å². The first kappa shape index (κ1) is 40.0. The Morgan fingerprint density at radius 2 is 1.27 bits per heavy atom. The van der Waals surface area contributed by atoms with E-state index in [0.717, 1.165) is 0 Å². The van der Waals surface area contributed by atoms with Crippen LogP contribution in [0.15, 0.2) is 121 Å². The molecular formula is C41H40N2O12S. The molecule has 15 heteroatoms. The van der Waals surface area contributed by atoms with Gasteiger partial charge in [-0.05, 0) is 79.8 Å². The number of ether oxygens (including phenoxy) is 5. The summed E-state index contributed by atoms with van der Waals surface area (Å²) in [5.74, 6) is -1.77. The first-order valence-corrected chi connectivity index (χ1v) is 18.1. The summed E-state index contributed by atoms with van der Waals surface area (Å²) >= 11 is 5.96. The Morgan fingerprint density at radius 3 is 1.79 bits per heavy atom. The summed E-state index contributed by atoms with van der Waals surface area (Å²) in [6.45, 7) is 0.887. The molecule has 1 aliphatic heterocycles. The number of aromatic nitrogens is 2. The highest BCUT2D eigenvalue weighted by Gasteiger charge is 2.52. The van der Waals surface area contributed by atoms with Crippen molar-refractivity contribution in [3.05, 3.63) is 149 Å². The van der Waals surface area contributed by atoms with E-state index in [-0.39, 0.29) is 27.2 Å². The average Bonchev–Trinajstić information content (AvgIpc) is 3.75. The fraction of sp³-hybridized carbons (Fsp3) is 0.268. The molecular weight excluding hydrogens is 745 g/mol. The molecule has 4 N–H and O–H groups in total. The summed E-state index contributed by atoms with van der Waals surface area (Å²) in [5.41, 5.74) is 0.905. The molecule has 0 bridgehead atoms. The fourth-order valence-corrected chi connectivity index (χ4v) is 6.53. The van der Waals surface area contributed by atoms with Gasteiger partial charge in [0, 0.05) is 11.9 Å². The van der Waals surface area contributed by atoms with Crippen LogP contribution in [-0.4, -0.2) is 97.8 Å². The van der Waals surface area contributed by atoms with Gasteiger partial charge in [-0.25, -0.2) is 14.4 Å². The smallest absolute Gasteiger partial charge is 0.338 e. The Labute approximate surface area is 326 Å². The van der Waals surface area contributed by atoms with Gasteiger partial charge in [-0.2, -0.15) is 0 Å². The van der Waals surface area contributed by atoms with Crippen molar-refractivity contribution in [2.45, 2.75) is 49.8 Å². The number of esters is 3. The average molecular weight is 785 g/mol. The zero-order valence-electron chi connectivity index (χ0n) is 30.1. The van der Waals surface area contributed by atoms with Crippen LogP contribution in [0.25, 0.3) is 5.69 Å². The molecule has 0 aliphatic carbocycles. The third kappa shape index (κ3) is 8.89. The monoisotopic (exact) mass is 784 g/mol. The van der Waals surface area contributed by atoms with E-state index in [1.54, 1.807) is 91.0 Å². The van der Waals surface area contributed by atoms with Crippen LogP contribution < -0.4 is 4.74 Å². The highest BCUT2D eigenvalue weighted by Crippen LogP contribution is 2.39. The van der Waals surface area contributed by atoms with Gasteiger partial charge in [0.2, 0.25) is 0 Å². The molecule has 1 fully saturated rings. The predicted octanol–water partition coefficient (Wildman–Crippen LogP) is 4.36. The molecule has 1 aromatic heterocycles. The van der Waals surface area contributed by atoms with Crippen molar-refractivity contribution in [1.82, 2.24) is 9.13 Å². The lowest BCUT2D eigenvalue weighted by Gasteiger charge is -2.27. The molecule has 0 unspecified atom stereocenters. The second-order valence-electron chi connectivity index (χ2n) is 12.7. The van der Waals surface area contributed by atoms with E-state index >= 15 is 0 Å². The van der Waals surface area contributed by atoms with Crippen LogP contribution in [0.3, 0.4) is 0 Å². The van der Waals surface area contributed by atoms with E-state index in [1.165, 1.54) is 39.6 Å². The van der Waals surface area contributed by atoms with Gasteiger partial charge in [-0.3, -0.25) is 9.13 Å². The van der Waals surface area contributed by atoms with Gasteiger partial charge >= 0.3 is 17.9 Å². The van der Waals surface area contributed by atoms with Crippen molar-refractivity contribution in [3.63, 3.8) is 0 Å². The van der Waals surface area contributed by atoms with Crippen LogP contribution in [0.5, 0.6) is 5.75 Å². The van der Waals surface area contributed by atoms with E-state index in [0.29, 0.717) is 18.0 Å². The lowest BCUT2D eigenvalue weighted by molar-refractivity contribution is -0.0898. The minimum Gasteiger partial charge on any atom is -0.494 e. The Kier molecular flexibility index (Phi) is 13.1. The van der Waals surface area contributed by atoms with Crippen molar-refractivity contribution < 1.29 is 58.5 Å². The van der Waals surface area contributed by atoms with Gasteiger partial charge in [0.15, 0.2) is 23.2 Å². The van der Waals surface area contributed by atoms with Crippen LogP contribution in [0.4, 0.5) is 0 Å². The molecule has 0 spiro atoms. The van der Waals surface area contributed by atoms with Crippen LogP contribution in [0, 0.1) is 4.77 Å². The lowest BCUT2D eigenvalue weighted by atomic mass is 10.1. The number of nitrogens with zero attached hydrogens (tertiary/aromatic N) is 2. The van der Waals surface area contributed by atoms with E-state index < -0.39 is 74.0 Å². The Balaban J connectivity index is 1.48. The molecule has 0 amide bonds. The minimum atomic E-state index is -1.93. The van der Waals surface area contributed by atoms with Crippen molar-refractivity contribution in [2.75, 3.05) is 19.8 Å². The molecule has 14 nitrogen and oxygen atoms in total. The number of imidazole rings is 1. The molecule has 56 heavy (non-hydrogen) atoms. The van der Waals surface area contributed by atoms with Crippen LogP contribution in [0.2, 0.25) is 0 Å². The van der Waals surface area contributed by atoms with Gasteiger partial charge in [0.25, 0.3) is 0 Å². The highest BCUT2D eigenvalue weighted by molar-refractivity contribution is 7.71. The Bertz CT molecular complexity index is 2140. The second-order valence-corrected chi connectivity index (χ2v) is 13.1. The maximum absolute atomic E-state index is 13.8. The number of aliphatic hydroxyl groups is 4. The Hall–Kier alpha value is -5.68. The molecule has 6 rings (SSSR count). The van der Waals surface area contributed by atoms with Crippen molar-refractivity contribution in [3.8, 4) is 11.4 Å². The number of aliphatic hydroxyl groups excluding tert-OH is 4. The number of rotatable bonds is 15. The molecule has 2 heterocycles. The second kappa shape index (κ2) is 18.3. The number of carbonyl (C=O) groups excluding carboxylic acids is 3. The van der Waals surface area contributed by atoms with Crippen molar-refractivity contribution in [1.29, 1.82) is 0 Å². The topological polar surface area (TPSA) is 188 Å². The molecule has 1 aliphatic rings. The fourth-order valence-electron chi connectivity index (χ4n) is 6.16. The van der Waals surface area contributed by atoms with Gasteiger partial charge < -0.3 is 44.1 Å². The predicted molar refractivity (Wildman–Crippen MR) is 202 cm³/mol. The van der Waals surface area contributed by atoms with Crippen LogP contribution in [-0.2, 0) is 18.9 Å². The molecule has 0 saturated carbocycles. The van der Waals surface area contributed by atoms with E-state index in [1.807, 2.05) is 6.92 Å². The van der Waals surface area contributed by atoms with Gasteiger partial charge in [-0.15, -0.1) is 0 Å². The number of hydrogen-bond donors (Lipinski definition) is 4. The summed E-state index contributed by atoms with van der Waals surface area (Å²) in [6.07, 6.45) is -9.99. The maximum Gasteiger partial charge on any atom is 0.338 e. The summed E-state index contributed by atoms with van der Waals surface area (Å²) < 4.78 is 32.6. The molecule has 4 aromatic carbocycles. The zero-order chi connectivity index (χ0) is 39.8. The number of hydrogen-bond acceptors (Lipinski definition) is 13. The van der Waals surface area contributed by atoms with Gasteiger partial charge in [0.05, 0.1) is 35.6 Å². The molecule has 5 aromatic rings. The number of carbonyl (C=O) groups is 3. The highest BCUT2D eigenvalue weighted by atomic mass is 32.1. The van der Waals surface area contributed by atoms with Crippen LogP contribution in [0.1, 0.15) is 56.0 Å². The van der Waals surface area contributed by atoms with Gasteiger partial charge in [-0.1, -0.05) is 54.6 Å².